The molecule has 0 bridgehead atoms. The predicted octanol–water partition coefficient (Wildman–Crippen LogP) is 6.82. The summed E-state index contributed by atoms with van der Waals surface area (Å²) in [4.78, 5) is 15.9. The lowest BCUT2D eigenvalue weighted by atomic mass is 9.72. The lowest BCUT2D eigenvalue weighted by molar-refractivity contribution is 0.0531. The van der Waals surface area contributed by atoms with E-state index >= 15 is 0 Å². The van der Waals surface area contributed by atoms with Gasteiger partial charge < -0.3 is 15.2 Å². The van der Waals surface area contributed by atoms with Gasteiger partial charge in [-0.05, 0) is 77.0 Å². The molecule has 1 atom stereocenters. The largest absolute Gasteiger partial charge is 0.444 e. The van der Waals surface area contributed by atoms with Gasteiger partial charge in [-0.3, -0.25) is 4.99 Å². The number of thioether (sulfide) groups is 1. The number of ether oxygens (including phenoxy) is 1. The van der Waals surface area contributed by atoms with Crippen LogP contribution >= 0.6 is 11.8 Å². The predicted molar refractivity (Wildman–Crippen MR) is 152 cm³/mol. The molecule has 6 heteroatoms. The van der Waals surface area contributed by atoms with Crippen LogP contribution in [0.4, 0.5) is 4.79 Å². The van der Waals surface area contributed by atoms with E-state index in [1.807, 2.05) is 45.5 Å². The van der Waals surface area contributed by atoms with Crippen LogP contribution in [0.5, 0.6) is 0 Å². The molecule has 5 nitrogen and oxygen atoms in total. The number of aliphatic imine (C=N–C) groups is 1. The van der Waals surface area contributed by atoms with Crippen molar-refractivity contribution in [1.82, 2.24) is 5.32 Å². The number of carbonyl (C=O) groups excluding carboxylic acids is 1. The Bertz CT molecular complexity index is 871. The molecule has 1 aliphatic rings. The van der Waals surface area contributed by atoms with Crippen molar-refractivity contribution >= 4 is 24.1 Å². The SMILES string of the molecule is CC1=C(/C=C/C(C)=C/C=C/C(C)=C/C=NCCO)C(C)(C)CCC1SCCNC(=O)OC(C)(C)C. The maximum atomic E-state index is 11.9. The van der Waals surface area contributed by atoms with E-state index in [9.17, 15) is 4.79 Å². The van der Waals surface area contributed by atoms with Crippen LogP contribution in [0, 0.1) is 5.41 Å². The highest BCUT2D eigenvalue weighted by atomic mass is 32.2. The molecule has 0 radical (unpaired) electrons. The van der Waals surface area contributed by atoms with Crippen LogP contribution in [0.2, 0.25) is 0 Å². The monoisotopic (exact) mass is 502 g/mol. The van der Waals surface area contributed by atoms with E-state index in [2.05, 4.69) is 68.4 Å². The quantitative estimate of drug-likeness (QED) is 0.185. The van der Waals surface area contributed by atoms with Crippen LogP contribution < -0.4 is 5.32 Å². The van der Waals surface area contributed by atoms with E-state index < -0.39 is 5.60 Å². The van der Waals surface area contributed by atoms with Crippen molar-refractivity contribution in [3.63, 3.8) is 0 Å². The summed E-state index contributed by atoms with van der Waals surface area (Å²) in [6, 6.07) is 0. The average molecular weight is 503 g/mol. The Morgan fingerprint density at radius 1 is 1.23 bits per heavy atom. The minimum Gasteiger partial charge on any atom is -0.444 e. The number of aliphatic hydroxyl groups excluding tert-OH is 1. The summed E-state index contributed by atoms with van der Waals surface area (Å²) in [6.45, 7) is 17.8. The summed E-state index contributed by atoms with van der Waals surface area (Å²) in [5, 5.41) is 12.1. The average Bonchev–Trinajstić information content (AvgIpc) is 2.74. The Labute approximate surface area is 217 Å². The number of rotatable bonds is 11. The Kier molecular flexibility index (Phi) is 13.4. The molecular weight excluding hydrogens is 456 g/mol. The minimum atomic E-state index is -0.472. The van der Waals surface area contributed by atoms with Crippen LogP contribution in [-0.4, -0.2) is 53.7 Å². The smallest absolute Gasteiger partial charge is 0.407 e. The maximum Gasteiger partial charge on any atom is 0.407 e. The number of aliphatic hydroxyl groups is 1. The highest BCUT2D eigenvalue weighted by molar-refractivity contribution is 8.00. The Morgan fingerprint density at radius 3 is 2.57 bits per heavy atom. The van der Waals surface area contributed by atoms with Crippen molar-refractivity contribution in [1.29, 1.82) is 0 Å². The van der Waals surface area contributed by atoms with Crippen molar-refractivity contribution in [2.45, 2.75) is 79.1 Å². The Balaban J connectivity index is 2.74. The van der Waals surface area contributed by atoms with Gasteiger partial charge in [0.1, 0.15) is 5.60 Å². The van der Waals surface area contributed by atoms with Gasteiger partial charge in [-0.15, -0.1) is 0 Å². The fourth-order valence-electron chi connectivity index (χ4n) is 3.76. The molecule has 0 fully saturated rings. The van der Waals surface area contributed by atoms with Gasteiger partial charge >= 0.3 is 6.09 Å². The summed E-state index contributed by atoms with van der Waals surface area (Å²) in [5.41, 5.74) is 4.82. The molecule has 0 heterocycles. The molecule has 196 valence electrons. The molecule has 0 aliphatic heterocycles. The van der Waals surface area contributed by atoms with Crippen LogP contribution in [0.1, 0.15) is 68.2 Å². The van der Waals surface area contributed by atoms with Crippen LogP contribution in [0.3, 0.4) is 0 Å². The van der Waals surface area contributed by atoms with Crippen molar-refractivity contribution in [3.8, 4) is 0 Å². The third-order valence-electron chi connectivity index (χ3n) is 5.66. The lowest BCUT2D eigenvalue weighted by Crippen LogP contribution is -2.34. The second-order valence-electron chi connectivity index (χ2n) is 10.6. The number of carbonyl (C=O) groups is 1. The topological polar surface area (TPSA) is 70.9 Å². The van der Waals surface area contributed by atoms with Crippen molar-refractivity contribution < 1.29 is 14.6 Å². The molecule has 0 saturated heterocycles. The van der Waals surface area contributed by atoms with Gasteiger partial charge in [0.05, 0.1) is 13.2 Å². The molecule has 35 heavy (non-hydrogen) atoms. The van der Waals surface area contributed by atoms with Gasteiger partial charge in [-0.25, -0.2) is 4.79 Å². The number of nitrogens with zero attached hydrogens (tertiary/aromatic N) is 1. The Hall–Kier alpha value is -2.05. The van der Waals surface area contributed by atoms with Gasteiger partial charge in [0.2, 0.25) is 0 Å². The normalized spacial score (nSPS) is 19.9. The summed E-state index contributed by atoms with van der Waals surface area (Å²) in [7, 11) is 0. The first-order chi connectivity index (χ1) is 16.4. The van der Waals surface area contributed by atoms with Crippen molar-refractivity contribution in [3.05, 3.63) is 58.7 Å². The van der Waals surface area contributed by atoms with E-state index in [0.29, 0.717) is 18.3 Å². The number of amides is 1. The maximum absolute atomic E-state index is 11.9. The van der Waals surface area contributed by atoms with Crippen LogP contribution in [0.25, 0.3) is 0 Å². The first-order valence-electron chi connectivity index (χ1n) is 12.5. The standard InChI is InChI=1S/C29H46N2O3S/c1-22(10-9-11-23(2)15-17-30-18-20-32)12-13-25-24(3)26(14-16-29(25,7)8)35-21-19-31-27(33)34-28(4,5)6/h9-13,15,17,26,32H,14,16,18-21H2,1-8H3,(H,31,33)/b11-9+,13-12+,22-10+,23-15+,30-17?. The highest BCUT2D eigenvalue weighted by Crippen LogP contribution is 2.44. The van der Waals surface area contributed by atoms with E-state index in [1.165, 1.54) is 16.7 Å². The zero-order chi connectivity index (χ0) is 26.5. The molecule has 1 amide bonds. The first kappa shape index (κ1) is 31.0. The summed E-state index contributed by atoms with van der Waals surface area (Å²) < 4.78 is 5.31. The van der Waals surface area contributed by atoms with E-state index in [-0.39, 0.29) is 18.1 Å². The third-order valence-corrected chi connectivity index (χ3v) is 7.09. The molecule has 2 N–H and O–H groups in total. The molecular formula is C29H46N2O3S. The van der Waals surface area contributed by atoms with Gasteiger partial charge in [0.15, 0.2) is 0 Å². The number of nitrogens with one attached hydrogen (secondary N) is 1. The van der Waals surface area contributed by atoms with Crippen molar-refractivity contribution in [2.24, 2.45) is 10.4 Å². The van der Waals surface area contributed by atoms with Gasteiger partial charge in [0.25, 0.3) is 0 Å². The zero-order valence-electron chi connectivity index (χ0n) is 23.0. The van der Waals surface area contributed by atoms with E-state index in [4.69, 9.17) is 9.84 Å². The molecule has 0 aromatic carbocycles. The molecule has 1 aliphatic carbocycles. The molecule has 0 spiro atoms. The summed E-state index contributed by atoms with van der Waals surface area (Å²) in [5.74, 6) is 0.861. The summed E-state index contributed by atoms with van der Waals surface area (Å²) in [6.07, 6.45) is 16.3. The lowest BCUT2D eigenvalue weighted by Gasteiger charge is -2.37. The van der Waals surface area contributed by atoms with Crippen LogP contribution in [-0.2, 0) is 4.74 Å². The minimum absolute atomic E-state index is 0.0744. The van der Waals surface area contributed by atoms with Gasteiger partial charge in [0, 0.05) is 23.8 Å². The van der Waals surface area contributed by atoms with Gasteiger partial charge in [-0.1, -0.05) is 55.4 Å². The molecule has 1 rings (SSSR count). The third kappa shape index (κ3) is 13.0. The molecule has 0 aromatic rings. The highest BCUT2D eigenvalue weighted by Gasteiger charge is 2.31. The Morgan fingerprint density at radius 2 is 1.91 bits per heavy atom. The number of hydrogen-bond acceptors (Lipinski definition) is 5. The van der Waals surface area contributed by atoms with E-state index in [1.54, 1.807) is 6.21 Å². The van der Waals surface area contributed by atoms with Gasteiger partial charge in [-0.2, -0.15) is 11.8 Å². The van der Waals surface area contributed by atoms with E-state index in [0.717, 1.165) is 24.2 Å². The fourth-order valence-corrected chi connectivity index (χ4v) is 4.93. The summed E-state index contributed by atoms with van der Waals surface area (Å²) >= 11 is 1.91. The molecule has 0 saturated carbocycles. The molecule has 0 aromatic heterocycles. The zero-order valence-corrected chi connectivity index (χ0v) is 23.8. The first-order valence-corrected chi connectivity index (χ1v) is 13.5. The molecule has 1 unspecified atom stereocenters. The number of hydrogen-bond donors (Lipinski definition) is 2. The van der Waals surface area contributed by atoms with Crippen LogP contribution in [0.15, 0.2) is 63.7 Å². The second-order valence-corrected chi connectivity index (χ2v) is 11.9. The number of allylic oxidation sites excluding steroid dienone is 9. The number of alkyl carbamates (subject to hydrolysis) is 1. The van der Waals surface area contributed by atoms with Crippen molar-refractivity contribution in [2.75, 3.05) is 25.4 Å². The fraction of sp³-hybridized carbons (Fsp3) is 0.586. The second kappa shape index (κ2) is 15.1.